The second-order valence-electron chi connectivity index (χ2n) is 8.69. The Bertz CT molecular complexity index is 1690. The number of allylic oxidation sites excluding steroid dienone is 1. The van der Waals surface area contributed by atoms with Gasteiger partial charge in [0.25, 0.3) is 5.56 Å². The topological polar surface area (TPSA) is 115 Å². The summed E-state index contributed by atoms with van der Waals surface area (Å²) in [4.78, 5) is 43.5. The van der Waals surface area contributed by atoms with Gasteiger partial charge >= 0.3 is 11.9 Å². The van der Waals surface area contributed by atoms with E-state index in [4.69, 9.17) is 35.3 Å². The molecule has 1 aromatic heterocycles. The summed E-state index contributed by atoms with van der Waals surface area (Å²) in [6, 6.07) is 9.23. The summed E-state index contributed by atoms with van der Waals surface area (Å²) in [5.41, 5.74) is 1.43. The van der Waals surface area contributed by atoms with E-state index in [0.29, 0.717) is 55.0 Å². The molecule has 1 atom stereocenters. The molecule has 41 heavy (non-hydrogen) atoms. The van der Waals surface area contributed by atoms with Crippen molar-refractivity contribution in [3.8, 4) is 17.2 Å². The maximum atomic E-state index is 13.9. The number of carbonyl (C=O) groups excluding carboxylic acids is 2. The standard InChI is InChI=1S/C29H29ClN2O8S/c1-6-38-22-12-17(8-10-21(22)40-15-24(33)39-7-2)13-23-27(34)32-26(19-14-18(30)9-11-20(19)36-4)25(28(35)37-5)16(3)31-29(32)41-23/h8-14,26H,6-7,15H2,1-5H3/b23-13-/t26-/m0/s1. The first-order valence-electron chi connectivity index (χ1n) is 12.7. The van der Waals surface area contributed by atoms with Crippen molar-refractivity contribution in [2.75, 3.05) is 34.0 Å². The van der Waals surface area contributed by atoms with Crippen LogP contribution in [0.3, 0.4) is 0 Å². The number of fused-ring (bicyclic) bond motifs is 1. The number of esters is 2. The Morgan fingerprint density at radius 2 is 1.80 bits per heavy atom. The fourth-order valence-electron chi connectivity index (χ4n) is 4.40. The van der Waals surface area contributed by atoms with E-state index in [-0.39, 0.29) is 24.3 Å². The summed E-state index contributed by atoms with van der Waals surface area (Å²) < 4.78 is 28.7. The van der Waals surface area contributed by atoms with Crippen molar-refractivity contribution in [2.45, 2.75) is 26.8 Å². The molecule has 216 valence electrons. The van der Waals surface area contributed by atoms with E-state index in [1.54, 1.807) is 56.3 Å². The molecule has 0 radical (unpaired) electrons. The average molecular weight is 601 g/mol. The molecule has 0 saturated heterocycles. The number of halogens is 1. The molecular formula is C29H29ClN2O8S. The number of aromatic nitrogens is 1. The number of hydrogen-bond donors (Lipinski definition) is 0. The minimum Gasteiger partial charge on any atom is -0.496 e. The van der Waals surface area contributed by atoms with Gasteiger partial charge in [-0.15, -0.1) is 0 Å². The molecule has 2 aromatic carbocycles. The minimum atomic E-state index is -0.882. The lowest BCUT2D eigenvalue weighted by atomic mass is 9.95. The third kappa shape index (κ3) is 6.31. The maximum Gasteiger partial charge on any atom is 0.344 e. The van der Waals surface area contributed by atoms with Gasteiger partial charge in [0.05, 0.1) is 43.2 Å². The van der Waals surface area contributed by atoms with Gasteiger partial charge in [-0.3, -0.25) is 9.36 Å². The molecule has 1 aliphatic heterocycles. The lowest BCUT2D eigenvalue weighted by Gasteiger charge is -2.25. The molecule has 1 aliphatic rings. The molecule has 0 N–H and O–H groups in total. The van der Waals surface area contributed by atoms with Crippen molar-refractivity contribution in [1.29, 1.82) is 0 Å². The maximum absolute atomic E-state index is 13.9. The molecule has 0 spiro atoms. The van der Waals surface area contributed by atoms with Crippen LogP contribution in [0.2, 0.25) is 5.02 Å². The average Bonchev–Trinajstić information content (AvgIpc) is 3.25. The van der Waals surface area contributed by atoms with E-state index >= 15 is 0 Å². The van der Waals surface area contributed by atoms with Crippen molar-refractivity contribution in [2.24, 2.45) is 4.99 Å². The fraction of sp³-hybridized carbons (Fsp3) is 0.310. The van der Waals surface area contributed by atoms with Gasteiger partial charge in [-0.25, -0.2) is 14.6 Å². The Morgan fingerprint density at radius 1 is 1.05 bits per heavy atom. The van der Waals surface area contributed by atoms with Crippen molar-refractivity contribution in [1.82, 2.24) is 4.57 Å². The summed E-state index contributed by atoms with van der Waals surface area (Å²) in [7, 11) is 2.77. The molecule has 12 heteroatoms. The zero-order chi connectivity index (χ0) is 29.7. The lowest BCUT2D eigenvalue weighted by Crippen LogP contribution is -2.40. The van der Waals surface area contributed by atoms with Crippen molar-refractivity contribution in [3.63, 3.8) is 0 Å². The second kappa shape index (κ2) is 13.0. The minimum absolute atomic E-state index is 0.203. The summed E-state index contributed by atoms with van der Waals surface area (Å²) in [5.74, 6) is 0.110. The highest BCUT2D eigenvalue weighted by Crippen LogP contribution is 2.37. The summed E-state index contributed by atoms with van der Waals surface area (Å²) >= 11 is 7.50. The molecule has 0 bridgehead atoms. The number of thiazole rings is 1. The molecule has 2 heterocycles. The van der Waals surface area contributed by atoms with Gasteiger partial charge < -0.3 is 23.7 Å². The van der Waals surface area contributed by atoms with Crippen LogP contribution in [0.5, 0.6) is 17.2 Å². The first-order chi connectivity index (χ1) is 19.7. The Labute approximate surface area is 245 Å². The van der Waals surface area contributed by atoms with Crippen LogP contribution in [-0.4, -0.2) is 50.5 Å². The van der Waals surface area contributed by atoms with Crippen molar-refractivity contribution >= 4 is 41.0 Å². The van der Waals surface area contributed by atoms with Crippen LogP contribution >= 0.6 is 22.9 Å². The molecule has 0 aliphatic carbocycles. The number of ether oxygens (including phenoxy) is 5. The third-order valence-corrected chi connectivity index (χ3v) is 7.35. The van der Waals surface area contributed by atoms with Crippen LogP contribution in [-0.2, 0) is 19.1 Å². The molecule has 3 aromatic rings. The zero-order valence-electron chi connectivity index (χ0n) is 23.2. The monoisotopic (exact) mass is 600 g/mol. The van der Waals surface area contributed by atoms with Crippen LogP contribution in [0.1, 0.15) is 37.9 Å². The highest BCUT2D eigenvalue weighted by atomic mass is 35.5. The van der Waals surface area contributed by atoms with E-state index in [0.717, 1.165) is 0 Å². The number of hydrogen-bond acceptors (Lipinski definition) is 10. The Kier molecular flexibility index (Phi) is 9.51. The molecular weight excluding hydrogens is 572 g/mol. The Hall–Kier alpha value is -4.09. The molecule has 0 saturated carbocycles. The van der Waals surface area contributed by atoms with Gasteiger partial charge in [-0.05, 0) is 62.7 Å². The lowest BCUT2D eigenvalue weighted by molar-refractivity contribution is -0.145. The Balaban J connectivity index is 1.84. The Morgan fingerprint density at radius 3 is 2.49 bits per heavy atom. The van der Waals surface area contributed by atoms with Crippen LogP contribution in [0.4, 0.5) is 0 Å². The predicted molar refractivity (Wildman–Crippen MR) is 154 cm³/mol. The summed E-state index contributed by atoms with van der Waals surface area (Å²) in [6.07, 6.45) is 1.70. The van der Waals surface area contributed by atoms with Gasteiger partial charge in [0.1, 0.15) is 11.8 Å². The van der Waals surface area contributed by atoms with Gasteiger partial charge in [0.2, 0.25) is 0 Å². The van der Waals surface area contributed by atoms with Gasteiger partial charge in [0.15, 0.2) is 22.9 Å². The number of carbonyl (C=O) groups is 2. The molecule has 10 nitrogen and oxygen atoms in total. The number of methoxy groups -OCH3 is 2. The largest absolute Gasteiger partial charge is 0.496 e. The third-order valence-electron chi connectivity index (χ3n) is 6.13. The summed E-state index contributed by atoms with van der Waals surface area (Å²) in [5, 5.41) is 0.413. The van der Waals surface area contributed by atoms with Crippen LogP contribution in [0.25, 0.3) is 6.08 Å². The van der Waals surface area contributed by atoms with E-state index in [9.17, 15) is 14.4 Å². The highest BCUT2D eigenvalue weighted by Gasteiger charge is 2.35. The predicted octanol–water partition coefficient (Wildman–Crippen LogP) is 3.41. The first-order valence-corrected chi connectivity index (χ1v) is 13.9. The van der Waals surface area contributed by atoms with Gasteiger partial charge in [-0.2, -0.15) is 0 Å². The van der Waals surface area contributed by atoms with Gasteiger partial charge in [0, 0.05) is 10.6 Å². The molecule has 0 amide bonds. The van der Waals surface area contributed by atoms with Crippen molar-refractivity contribution < 1.29 is 33.3 Å². The normalized spacial score (nSPS) is 14.7. The summed E-state index contributed by atoms with van der Waals surface area (Å²) in [6.45, 7) is 5.58. The molecule has 0 fully saturated rings. The highest BCUT2D eigenvalue weighted by molar-refractivity contribution is 7.07. The fourth-order valence-corrected chi connectivity index (χ4v) is 5.63. The molecule has 0 unspecified atom stereocenters. The van der Waals surface area contributed by atoms with E-state index < -0.39 is 18.0 Å². The smallest absolute Gasteiger partial charge is 0.344 e. The van der Waals surface area contributed by atoms with E-state index in [1.165, 1.54) is 30.1 Å². The van der Waals surface area contributed by atoms with E-state index in [2.05, 4.69) is 4.99 Å². The second-order valence-corrected chi connectivity index (χ2v) is 10.1. The molecule has 4 rings (SSSR count). The quantitative estimate of drug-likeness (QED) is 0.325. The SMILES string of the molecule is CCOC(=O)COc1ccc(/C=c2\sc3n(c2=O)[C@@H](c2cc(Cl)ccc2OC)C(C(=O)OC)=C(C)N=3)cc1OCC. The first kappa shape index (κ1) is 29.9. The number of rotatable bonds is 10. The zero-order valence-corrected chi connectivity index (χ0v) is 24.8. The van der Waals surface area contributed by atoms with Gasteiger partial charge in [-0.1, -0.05) is 29.0 Å². The van der Waals surface area contributed by atoms with Crippen LogP contribution < -0.4 is 29.1 Å². The number of nitrogens with zero attached hydrogens (tertiary/aromatic N) is 2. The number of benzene rings is 2. The van der Waals surface area contributed by atoms with Crippen molar-refractivity contribution in [3.05, 3.63) is 83.5 Å². The van der Waals surface area contributed by atoms with E-state index in [1.807, 2.05) is 6.92 Å². The van der Waals surface area contributed by atoms with Crippen LogP contribution in [0, 0.1) is 0 Å². The van der Waals surface area contributed by atoms with Crippen LogP contribution in [0.15, 0.2) is 57.5 Å².